The maximum Gasteiger partial charge on any atom is 0.267 e. The Morgan fingerprint density at radius 2 is 1.95 bits per heavy atom. The van der Waals surface area contributed by atoms with Crippen LogP contribution in [0.2, 0.25) is 0 Å². The van der Waals surface area contributed by atoms with E-state index >= 15 is 0 Å². The van der Waals surface area contributed by atoms with Crippen molar-refractivity contribution in [1.29, 1.82) is 0 Å². The normalized spacial score (nSPS) is 23.2. The van der Waals surface area contributed by atoms with Gasteiger partial charge in [0, 0.05) is 23.2 Å². The number of nitrogens with zero attached hydrogens (tertiary/aromatic N) is 1. The van der Waals surface area contributed by atoms with Gasteiger partial charge in [-0.05, 0) is 26.0 Å². The van der Waals surface area contributed by atoms with Gasteiger partial charge >= 0.3 is 0 Å². The van der Waals surface area contributed by atoms with E-state index in [0.29, 0.717) is 18.0 Å². The van der Waals surface area contributed by atoms with Gasteiger partial charge in [0.05, 0.1) is 12.2 Å². The number of benzene rings is 1. The lowest BCUT2D eigenvalue weighted by atomic mass is 10.2. The van der Waals surface area contributed by atoms with E-state index in [1.807, 2.05) is 38.1 Å². The summed E-state index contributed by atoms with van der Waals surface area (Å²) >= 11 is 1.35. The van der Waals surface area contributed by atoms with Crippen LogP contribution in [0.5, 0.6) is 5.75 Å². The Labute approximate surface area is 121 Å². The van der Waals surface area contributed by atoms with Crippen LogP contribution in [-0.4, -0.2) is 41.2 Å². The first-order valence-electron chi connectivity index (χ1n) is 6.71. The van der Waals surface area contributed by atoms with Gasteiger partial charge in [-0.2, -0.15) is 0 Å². The Balaban J connectivity index is 1.94. The van der Waals surface area contributed by atoms with E-state index in [2.05, 4.69) is 0 Å². The van der Waals surface area contributed by atoms with Gasteiger partial charge in [0.15, 0.2) is 0 Å². The quantitative estimate of drug-likeness (QED) is 0.879. The maximum atomic E-state index is 12.6. The first kappa shape index (κ1) is 13.4. The number of ether oxygens (including phenoxy) is 1. The molecule has 1 aliphatic heterocycles. The first-order valence-corrected chi connectivity index (χ1v) is 7.53. The van der Waals surface area contributed by atoms with Crippen LogP contribution >= 0.6 is 11.3 Å². The minimum atomic E-state index is -0.106. The van der Waals surface area contributed by atoms with Crippen LogP contribution in [0.1, 0.15) is 23.5 Å². The minimum Gasteiger partial charge on any atom is -0.506 e. The number of fused-ring (bicyclic) bond motifs is 1. The molecule has 0 bridgehead atoms. The molecule has 1 amide bonds. The summed E-state index contributed by atoms with van der Waals surface area (Å²) in [6, 6.07) is 7.52. The fourth-order valence-electron chi connectivity index (χ4n) is 2.66. The molecule has 0 unspecified atom stereocenters. The summed E-state index contributed by atoms with van der Waals surface area (Å²) in [4.78, 5) is 14.8. The molecule has 1 aliphatic rings. The number of hydrogen-bond donors (Lipinski definition) is 1. The molecule has 2 heterocycles. The third-order valence-corrected chi connectivity index (χ3v) is 4.62. The van der Waals surface area contributed by atoms with Crippen LogP contribution in [0.3, 0.4) is 0 Å². The average molecular weight is 291 g/mol. The summed E-state index contributed by atoms with van der Waals surface area (Å²) in [6.45, 7) is 5.05. The predicted octanol–water partition coefficient (Wildman–Crippen LogP) is 2.86. The SMILES string of the molecule is C[C@@H]1CN(C(=O)c2sc3ccccc3c2O)C[C@H](C)O1. The highest BCUT2D eigenvalue weighted by atomic mass is 32.1. The van der Waals surface area contributed by atoms with Crippen molar-refractivity contribution in [2.24, 2.45) is 0 Å². The molecule has 1 aromatic heterocycles. The van der Waals surface area contributed by atoms with Crippen molar-refractivity contribution in [1.82, 2.24) is 4.90 Å². The Morgan fingerprint density at radius 3 is 2.60 bits per heavy atom. The third kappa shape index (κ3) is 2.27. The number of thiophene rings is 1. The summed E-state index contributed by atoms with van der Waals surface area (Å²) in [7, 11) is 0. The van der Waals surface area contributed by atoms with Gasteiger partial charge in [0.25, 0.3) is 5.91 Å². The number of morpholine rings is 1. The van der Waals surface area contributed by atoms with Gasteiger partial charge in [-0.25, -0.2) is 0 Å². The molecule has 1 fully saturated rings. The second kappa shape index (κ2) is 5.07. The van der Waals surface area contributed by atoms with Gasteiger partial charge in [0.2, 0.25) is 0 Å². The fourth-order valence-corrected chi connectivity index (χ4v) is 3.73. The summed E-state index contributed by atoms with van der Waals surface area (Å²) in [5.41, 5.74) is 0. The first-order chi connectivity index (χ1) is 9.56. The average Bonchev–Trinajstić information content (AvgIpc) is 2.75. The number of aromatic hydroxyl groups is 1. The van der Waals surface area contributed by atoms with Gasteiger partial charge in [-0.15, -0.1) is 11.3 Å². The van der Waals surface area contributed by atoms with E-state index in [0.717, 1.165) is 10.1 Å². The lowest BCUT2D eigenvalue weighted by molar-refractivity contribution is -0.0585. The lowest BCUT2D eigenvalue weighted by Gasteiger charge is -2.35. The molecule has 1 N–H and O–H groups in total. The van der Waals surface area contributed by atoms with Crippen molar-refractivity contribution in [3.63, 3.8) is 0 Å². The van der Waals surface area contributed by atoms with Gasteiger partial charge in [-0.1, -0.05) is 12.1 Å². The molecular weight excluding hydrogens is 274 g/mol. The second-order valence-electron chi connectivity index (χ2n) is 5.24. The van der Waals surface area contributed by atoms with E-state index in [1.54, 1.807) is 4.90 Å². The molecule has 5 heteroatoms. The lowest BCUT2D eigenvalue weighted by Crippen LogP contribution is -2.48. The molecule has 1 aromatic carbocycles. The zero-order valence-electron chi connectivity index (χ0n) is 11.5. The summed E-state index contributed by atoms with van der Waals surface area (Å²) in [5.74, 6) is -0.00639. The molecule has 2 aromatic rings. The van der Waals surface area contributed by atoms with E-state index < -0.39 is 0 Å². The Kier molecular flexibility index (Phi) is 3.40. The van der Waals surface area contributed by atoms with Crippen LogP contribution < -0.4 is 0 Å². The highest BCUT2D eigenvalue weighted by Gasteiger charge is 2.29. The molecule has 106 valence electrons. The Bertz CT molecular complexity index is 642. The van der Waals surface area contributed by atoms with Crippen molar-refractivity contribution >= 4 is 27.3 Å². The van der Waals surface area contributed by atoms with E-state index in [9.17, 15) is 9.90 Å². The summed E-state index contributed by atoms with van der Waals surface area (Å²) < 4.78 is 6.57. The highest BCUT2D eigenvalue weighted by molar-refractivity contribution is 7.21. The van der Waals surface area contributed by atoms with Crippen molar-refractivity contribution < 1.29 is 14.6 Å². The zero-order chi connectivity index (χ0) is 14.3. The second-order valence-corrected chi connectivity index (χ2v) is 6.30. The maximum absolute atomic E-state index is 12.6. The van der Waals surface area contributed by atoms with E-state index in [1.165, 1.54) is 11.3 Å². The molecule has 0 spiro atoms. The third-order valence-electron chi connectivity index (χ3n) is 3.47. The van der Waals surface area contributed by atoms with E-state index in [-0.39, 0.29) is 23.9 Å². The standard InChI is InChI=1S/C15H17NO3S/c1-9-7-16(8-10(2)19-9)15(18)14-13(17)11-5-3-4-6-12(11)20-14/h3-6,9-10,17H,7-8H2,1-2H3/t9-,10+. The predicted molar refractivity (Wildman–Crippen MR) is 79.4 cm³/mol. The van der Waals surface area contributed by atoms with Crippen molar-refractivity contribution in [2.45, 2.75) is 26.1 Å². The number of carbonyl (C=O) groups excluding carboxylic acids is 1. The molecule has 3 rings (SSSR count). The topological polar surface area (TPSA) is 49.8 Å². The molecule has 0 saturated carbocycles. The van der Waals surface area contributed by atoms with Crippen molar-refractivity contribution in [3.05, 3.63) is 29.1 Å². The number of carbonyl (C=O) groups is 1. The van der Waals surface area contributed by atoms with Crippen molar-refractivity contribution in [2.75, 3.05) is 13.1 Å². The fraction of sp³-hybridized carbons (Fsp3) is 0.400. The Hall–Kier alpha value is -1.59. The largest absolute Gasteiger partial charge is 0.506 e. The molecule has 4 nitrogen and oxygen atoms in total. The number of rotatable bonds is 1. The molecule has 0 radical (unpaired) electrons. The monoisotopic (exact) mass is 291 g/mol. The molecule has 0 aliphatic carbocycles. The molecular formula is C15H17NO3S. The smallest absolute Gasteiger partial charge is 0.267 e. The van der Waals surface area contributed by atoms with Crippen molar-refractivity contribution in [3.8, 4) is 5.75 Å². The van der Waals surface area contributed by atoms with Crippen LogP contribution in [0.25, 0.3) is 10.1 Å². The minimum absolute atomic E-state index is 0.0271. The van der Waals surface area contributed by atoms with Gasteiger partial charge < -0.3 is 14.7 Å². The van der Waals surface area contributed by atoms with Crippen LogP contribution in [-0.2, 0) is 4.74 Å². The number of amides is 1. The number of hydrogen-bond acceptors (Lipinski definition) is 4. The van der Waals surface area contributed by atoms with Gasteiger partial charge in [0.1, 0.15) is 10.6 Å². The summed E-state index contributed by atoms with van der Waals surface area (Å²) in [5, 5.41) is 11.0. The van der Waals surface area contributed by atoms with E-state index in [4.69, 9.17) is 4.74 Å². The van der Waals surface area contributed by atoms with Crippen LogP contribution in [0, 0.1) is 0 Å². The van der Waals surface area contributed by atoms with Gasteiger partial charge in [-0.3, -0.25) is 4.79 Å². The zero-order valence-corrected chi connectivity index (χ0v) is 12.3. The molecule has 1 saturated heterocycles. The highest BCUT2D eigenvalue weighted by Crippen LogP contribution is 2.37. The summed E-state index contributed by atoms with van der Waals surface area (Å²) in [6.07, 6.45) is 0.0541. The van der Waals surface area contributed by atoms with Crippen LogP contribution in [0.15, 0.2) is 24.3 Å². The van der Waals surface area contributed by atoms with Crippen LogP contribution in [0.4, 0.5) is 0 Å². The molecule has 2 atom stereocenters. The molecule has 20 heavy (non-hydrogen) atoms. The Morgan fingerprint density at radius 1 is 1.30 bits per heavy atom.